The van der Waals surface area contributed by atoms with Crippen molar-refractivity contribution in [3.63, 3.8) is 0 Å². The molecule has 1 saturated heterocycles. The Kier molecular flexibility index (Phi) is 5.59. The number of hydrogen-bond acceptors (Lipinski definition) is 4. The van der Waals surface area contributed by atoms with Crippen molar-refractivity contribution in [2.75, 3.05) is 13.1 Å². The summed E-state index contributed by atoms with van der Waals surface area (Å²) in [6, 6.07) is 8.16. The van der Waals surface area contributed by atoms with Crippen molar-refractivity contribution < 1.29 is 9.32 Å². The predicted molar refractivity (Wildman–Crippen MR) is 83.6 cm³/mol. The van der Waals surface area contributed by atoms with Gasteiger partial charge in [0.15, 0.2) is 5.58 Å². The van der Waals surface area contributed by atoms with E-state index in [2.05, 4.69) is 15.8 Å². The van der Waals surface area contributed by atoms with Gasteiger partial charge in [-0.25, -0.2) is 0 Å². The van der Waals surface area contributed by atoms with Crippen LogP contribution >= 0.6 is 12.4 Å². The molecule has 0 spiro atoms. The number of hydrogen-bond donors (Lipinski definition) is 2. The van der Waals surface area contributed by atoms with Gasteiger partial charge in [-0.1, -0.05) is 17.3 Å². The van der Waals surface area contributed by atoms with Crippen LogP contribution in [0.3, 0.4) is 0 Å². The fourth-order valence-electron chi connectivity index (χ4n) is 2.67. The molecule has 114 valence electrons. The summed E-state index contributed by atoms with van der Waals surface area (Å²) in [5, 5.41) is 11.3. The summed E-state index contributed by atoms with van der Waals surface area (Å²) in [6.07, 6.45) is 3.72. The molecule has 1 aliphatic heterocycles. The molecule has 1 aliphatic rings. The standard InChI is InChI=1S/C15H19N3O2.ClH/c19-15(17-9-7-11-4-3-8-16-11)10-13-12-5-1-2-6-14(12)20-18-13;/h1-2,5-6,11,16H,3-4,7-10H2,(H,17,19);1H/t11-;/m1./s1. The third kappa shape index (κ3) is 3.95. The van der Waals surface area contributed by atoms with Crippen LogP contribution in [0.5, 0.6) is 0 Å². The van der Waals surface area contributed by atoms with Crippen molar-refractivity contribution in [3.8, 4) is 0 Å². The molecule has 1 atom stereocenters. The molecule has 6 heteroatoms. The molecule has 0 saturated carbocycles. The second-order valence-electron chi connectivity index (χ2n) is 5.23. The summed E-state index contributed by atoms with van der Waals surface area (Å²) in [6.45, 7) is 1.82. The number of carbonyl (C=O) groups excluding carboxylic acids is 1. The van der Waals surface area contributed by atoms with E-state index in [-0.39, 0.29) is 24.7 Å². The van der Waals surface area contributed by atoms with E-state index in [4.69, 9.17) is 4.52 Å². The number of benzene rings is 1. The highest BCUT2D eigenvalue weighted by Gasteiger charge is 2.15. The van der Waals surface area contributed by atoms with Crippen molar-refractivity contribution in [2.45, 2.75) is 31.7 Å². The van der Waals surface area contributed by atoms with Crippen molar-refractivity contribution in [1.29, 1.82) is 0 Å². The average molecular weight is 310 g/mol. The zero-order valence-corrected chi connectivity index (χ0v) is 12.6. The van der Waals surface area contributed by atoms with Crippen LogP contribution < -0.4 is 10.6 Å². The van der Waals surface area contributed by atoms with Crippen molar-refractivity contribution in [1.82, 2.24) is 15.8 Å². The molecule has 3 rings (SSSR count). The number of para-hydroxylation sites is 1. The average Bonchev–Trinajstić information content (AvgIpc) is 3.09. The third-order valence-corrected chi connectivity index (χ3v) is 3.76. The van der Waals surface area contributed by atoms with E-state index in [1.807, 2.05) is 24.3 Å². The fraction of sp³-hybridized carbons (Fsp3) is 0.467. The molecule has 0 bridgehead atoms. The molecule has 2 aromatic rings. The van der Waals surface area contributed by atoms with Crippen LogP contribution in [-0.2, 0) is 11.2 Å². The van der Waals surface area contributed by atoms with Gasteiger partial charge in [0.05, 0.1) is 6.42 Å². The summed E-state index contributed by atoms with van der Waals surface area (Å²) < 4.78 is 5.20. The molecule has 0 unspecified atom stereocenters. The Morgan fingerprint density at radius 2 is 2.29 bits per heavy atom. The van der Waals surface area contributed by atoms with Gasteiger partial charge in [-0.15, -0.1) is 12.4 Å². The summed E-state index contributed by atoms with van der Waals surface area (Å²) in [4.78, 5) is 11.9. The number of halogens is 1. The van der Waals surface area contributed by atoms with Gasteiger partial charge in [-0.2, -0.15) is 0 Å². The van der Waals surface area contributed by atoms with E-state index in [9.17, 15) is 4.79 Å². The van der Waals surface area contributed by atoms with Crippen LogP contribution in [0.2, 0.25) is 0 Å². The lowest BCUT2D eigenvalue weighted by Gasteiger charge is -2.10. The lowest BCUT2D eigenvalue weighted by Crippen LogP contribution is -2.31. The van der Waals surface area contributed by atoms with Crippen LogP contribution in [-0.4, -0.2) is 30.2 Å². The van der Waals surface area contributed by atoms with E-state index in [1.54, 1.807) is 0 Å². The molecule has 2 heterocycles. The van der Waals surface area contributed by atoms with Crippen molar-refractivity contribution in [2.24, 2.45) is 0 Å². The van der Waals surface area contributed by atoms with Crippen LogP contribution in [0.25, 0.3) is 11.0 Å². The Bertz CT molecular complexity index is 593. The molecule has 0 radical (unpaired) electrons. The van der Waals surface area contributed by atoms with Gasteiger partial charge in [0, 0.05) is 18.0 Å². The van der Waals surface area contributed by atoms with E-state index in [0.29, 0.717) is 18.3 Å². The maximum Gasteiger partial charge on any atom is 0.226 e. The minimum absolute atomic E-state index is 0. The lowest BCUT2D eigenvalue weighted by atomic mass is 10.1. The smallest absolute Gasteiger partial charge is 0.226 e. The number of carbonyl (C=O) groups is 1. The number of nitrogens with zero attached hydrogens (tertiary/aromatic N) is 1. The molecule has 5 nitrogen and oxygen atoms in total. The molecular formula is C15H20ClN3O2. The van der Waals surface area contributed by atoms with Crippen LogP contribution in [0.1, 0.15) is 25.0 Å². The Hall–Kier alpha value is -1.59. The Morgan fingerprint density at radius 3 is 3.10 bits per heavy atom. The van der Waals surface area contributed by atoms with Crippen molar-refractivity contribution in [3.05, 3.63) is 30.0 Å². The normalized spacial score (nSPS) is 17.6. The van der Waals surface area contributed by atoms with Gasteiger partial charge >= 0.3 is 0 Å². The third-order valence-electron chi connectivity index (χ3n) is 3.76. The highest BCUT2D eigenvalue weighted by molar-refractivity contribution is 5.86. The summed E-state index contributed by atoms with van der Waals surface area (Å²) in [5.41, 5.74) is 1.43. The Labute approximate surface area is 129 Å². The zero-order chi connectivity index (χ0) is 13.8. The molecule has 1 amide bonds. The lowest BCUT2D eigenvalue weighted by molar-refractivity contribution is -0.120. The molecule has 21 heavy (non-hydrogen) atoms. The van der Waals surface area contributed by atoms with E-state index < -0.39 is 0 Å². The largest absolute Gasteiger partial charge is 0.356 e. The van der Waals surface area contributed by atoms with Gasteiger partial charge in [-0.05, 0) is 37.9 Å². The van der Waals surface area contributed by atoms with Gasteiger partial charge in [-0.3, -0.25) is 4.79 Å². The maximum absolute atomic E-state index is 11.9. The molecule has 1 fully saturated rings. The minimum atomic E-state index is 0. The van der Waals surface area contributed by atoms with E-state index in [0.717, 1.165) is 23.9 Å². The van der Waals surface area contributed by atoms with E-state index >= 15 is 0 Å². The number of rotatable bonds is 5. The van der Waals surface area contributed by atoms with Gasteiger partial charge < -0.3 is 15.2 Å². The SMILES string of the molecule is Cl.O=C(Cc1noc2ccccc12)NCC[C@H]1CCCN1. The second kappa shape index (κ2) is 7.43. The molecule has 2 N–H and O–H groups in total. The van der Waals surface area contributed by atoms with Crippen LogP contribution in [0.4, 0.5) is 0 Å². The van der Waals surface area contributed by atoms with Gasteiger partial charge in [0.2, 0.25) is 5.91 Å². The van der Waals surface area contributed by atoms with E-state index in [1.165, 1.54) is 12.8 Å². The first-order valence-electron chi connectivity index (χ1n) is 7.16. The number of nitrogens with one attached hydrogen (secondary N) is 2. The summed E-state index contributed by atoms with van der Waals surface area (Å²) >= 11 is 0. The van der Waals surface area contributed by atoms with Crippen LogP contribution in [0, 0.1) is 0 Å². The molecule has 0 aliphatic carbocycles. The fourth-order valence-corrected chi connectivity index (χ4v) is 2.67. The first-order chi connectivity index (χ1) is 9.83. The quantitative estimate of drug-likeness (QED) is 0.887. The Morgan fingerprint density at radius 1 is 1.43 bits per heavy atom. The zero-order valence-electron chi connectivity index (χ0n) is 11.8. The molecule has 1 aromatic carbocycles. The molecule has 1 aromatic heterocycles. The number of aromatic nitrogens is 1. The van der Waals surface area contributed by atoms with Gasteiger partial charge in [0.1, 0.15) is 5.69 Å². The Balaban J connectivity index is 0.00000161. The second-order valence-corrected chi connectivity index (χ2v) is 5.23. The topological polar surface area (TPSA) is 67.2 Å². The van der Waals surface area contributed by atoms with Crippen LogP contribution in [0.15, 0.2) is 28.8 Å². The number of fused-ring (bicyclic) bond motifs is 1. The highest BCUT2D eigenvalue weighted by atomic mass is 35.5. The predicted octanol–water partition coefficient (Wildman–Crippen LogP) is 2.05. The number of amides is 1. The summed E-state index contributed by atoms with van der Waals surface area (Å²) in [7, 11) is 0. The monoisotopic (exact) mass is 309 g/mol. The minimum Gasteiger partial charge on any atom is -0.356 e. The molecular weight excluding hydrogens is 290 g/mol. The first-order valence-corrected chi connectivity index (χ1v) is 7.16. The summed E-state index contributed by atoms with van der Waals surface area (Å²) in [5.74, 6) is 0.00190. The van der Waals surface area contributed by atoms with Crippen molar-refractivity contribution >= 4 is 29.3 Å². The van der Waals surface area contributed by atoms with Gasteiger partial charge in [0.25, 0.3) is 0 Å². The highest BCUT2D eigenvalue weighted by Crippen LogP contribution is 2.17. The maximum atomic E-state index is 11.9. The first kappa shape index (κ1) is 15.8.